The highest BCUT2D eigenvalue weighted by Gasteiger charge is 2.15. The third kappa shape index (κ3) is 2.79. The average Bonchev–Trinajstić information content (AvgIpc) is 3.49. The predicted molar refractivity (Wildman–Crippen MR) is 154 cm³/mol. The van der Waals surface area contributed by atoms with E-state index in [4.69, 9.17) is 0 Å². The van der Waals surface area contributed by atoms with E-state index in [0.29, 0.717) is 0 Å². The Bertz CT molecular complexity index is 2040. The third-order valence-electron chi connectivity index (χ3n) is 7.78. The average molecular weight is 461 g/mol. The zero-order valence-corrected chi connectivity index (χ0v) is 19.8. The summed E-state index contributed by atoms with van der Waals surface area (Å²) in [5.41, 5.74) is 8.82. The fourth-order valence-corrected chi connectivity index (χ4v) is 6.06. The van der Waals surface area contributed by atoms with Crippen molar-refractivity contribution in [1.29, 1.82) is 0 Å². The van der Waals surface area contributed by atoms with Gasteiger partial charge in [-0.2, -0.15) is 0 Å². The highest BCUT2D eigenvalue weighted by Crippen LogP contribution is 2.38. The maximum Gasteiger partial charge on any atom is 0.0544 e. The van der Waals surface area contributed by atoms with E-state index in [1.165, 1.54) is 71.2 Å². The van der Waals surface area contributed by atoms with Crippen LogP contribution in [-0.4, -0.2) is 9.55 Å². The molecule has 0 amide bonds. The van der Waals surface area contributed by atoms with E-state index in [1.807, 2.05) is 0 Å². The van der Waals surface area contributed by atoms with Crippen molar-refractivity contribution in [3.63, 3.8) is 0 Å². The summed E-state index contributed by atoms with van der Waals surface area (Å²) in [6, 6.07) is 35.7. The number of hydrogen-bond acceptors (Lipinski definition) is 0. The van der Waals surface area contributed by atoms with Gasteiger partial charge in [0.05, 0.1) is 16.6 Å². The molecule has 0 fully saturated rings. The molecule has 1 aliphatic carbocycles. The Morgan fingerprint density at radius 1 is 0.611 bits per heavy atom. The van der Waals surface area contributed by atoms with Crippen LogP contribution in [0.5, 0.6) is 0 Å². The monoisotopic (exact) mass is 460 g/mol. The number of rotatable bonds is 2. The number of nitrogens with one attached hydrogen (secondary N) is 1. The van der Waals surface area contributed by atoms with E-state index in [1.54, 1.807) is 0 Å². The molecule has 0 radical (unpaired) electrons. The van der Waals surface area contributed by atoms with Gasteiger partial charge in [0.25, 0.3) is 0 Å². The molecular weight excluding hydrogens is 436 g/mol. The van der Waals surface area contributed by atoms with E-state index in [-0.39, 0.29) is 0 Å². The second-order valence-corrected chi connectivity index (χ2v) is 9.80. The van der Waals surface area contributed by atoms with Crippen LogP contribution in [0.15, 0.2) is 115 Å². The molecule has 2 heterocycles. The Hall–Kier alpha value is -4.56. The van der Waals surface area contributed by atoms with Crippen LogP contribution in [0.1, 0.15) is 12.8 Å². The third-order valence-corrected chi connectivity index (χ3v) is 7.78. The molecule has 1 aliphatic rings. The van der Waals surface area contributed by atoms with Crippen LogP contribution in [0.2, 0.25) is 0 Å². The van der Waals surface area contributed by atoms with Gasteiger partial charge in [0.1, 0.15) is 0 Å². The minimum Gasteiger partial charge on any atom is -0.354 e. The van der Waals surface area contributed by atoms with Gasteiger partial charge in [0, 0.05) is 38.1 Å². The molecule has 0 unspecified atom stereocenters. The summed E-state index contributed by atoms with van der Waals surface area (Å²) in [6.07, 6.45) is 8.86. The van der Waals surface area contributed by atoms with Crippen LogP contribution in [0, 0.1) is 0 Å². The number of allylic oxidation sites excluding steroid dienone is 4. The standard InChI is InChI=1S/C34H24N2/c1-2-9-25(10-3-1)36-32-13-7-6-12-27(32)30-21-24(16-19-33(30)36)23-15-18-31-29(20-23)28-17-14-22-8-4-5-11-26(22)34(28)35-31/h1-2,4-9,11-21,35H,3,10H2. The van der Waals surface area contributed by atoms with Gasteiger partial charge < -0.3 is 9.55 Å². The summed E-state index contributed by atoms with van der Waals surface area (Å²) < 4.78 is 2.45. The molecule has 1 N–H and O–H groups in total. The predicted octanol–water partition coefficient (Wildman–Crippen LogP) is 9.44. The number of hydrogen-bond donors (Lipinski definition) is 1. The van der Waals surface area contributed by atoms with Gasteiger partial charge in [-0.05, 0) is 65.8 Å². The number of fused-ring (bicyclic) bond motifs is 8. The normalized spacial score (nSPS) is 13.9. The summed E-state index contributed by atoms with van der Waals surface area (Å²) in [6.45, 7) is 0. The van der Waals surface area contributed by atoms with Crippen LogP contribution in [-0.2, 0) is 0 Å². The largest absolute Gasteiger partial charge is 0.354 e. The van der Waals surface area contributed by atoms with Gasteiger partial charge in [0.15, 0.2) is 0 Å². The molecule has 7 aromatic rings. The number of para-hydroxylation sites is 1. The number of H-pyrrole nitrogens is 1. The first-order chi connectivity index (χ1) is 17.8. The molecule has 2 aromatic heterocycles. The topological polar surface area (TPSA) is 20.7 Å². The molecule has 0 spiro atoms. The first-order valence-electron chi connectivity index (χ1n) is 12.7. The Labute approximate surface area is 208 Å². The van der Waals surface area contributed by atoms with Gasteiger partial charge in [-0.15, -0.1) is 0 Å². The fourth-order valence-electron chi connectivity index (χ4n) is 6.06. The molecular formula is C34H24N2. The number of nitrogens with zero attached hydrogens (tertiary/aromatic N) is 1. The smallest absolute Gasteiger partial charge is 0.0544 e. The minimum absolute atomic E-state index is 1.07. The number of aromatic nitrogens is 2. The van der Waals surface area contributed by atoms with Gasteiger partial charge in [0.2, 0.25) is 0 Å². The lowest BCUT2D eigenvalue weighted by atomic mass is 10.00. The van der Waals surface area contributed by atoms with Gasteiger partial charge in [-0.25, -0.2) is 0 Å². The van der Waals surface area contributed by atoms with Crippen LogP contribution in [0.25, 0.3) is 71.2 Å². The molecule has 0 atom stereocenters. The second-order valence-electron chi connectivity index (χ2n) is 9.80. The maximum absolute atomic E-state index is 3.68. The number of benzene rings is 5. The second kappa shape index (κ2) is 7.47. The fraction of sp³-hybridized carbons (Fsp3) is 0.0588. The quantitative estimate of drug-likeness (QED) is 0.265. The summed E-state index contributed by atoms with van der Waals surface area (Å²) in [4.78, 5) is 3.68. The SMILES string of the molecule is C1=CCCC(n2c3ccccc3c3cc(-c4ccc5[nH]c6c7ccccc7ccc6c5c4)ccc32)=C1. The zero-order chi connectivity index (χ0) is 23.6. The van der Waals surface area contributed by atoms with Crippen molar-refractivity contribution in [1.82, 2.24) is 9.55 Å². The molecule has 2 heteroatoms. The van der Waals surface area contributed by atoms with Crippen molar-refractivity contribution in [2.24, 2.45) is 0 Å². The van der Waals surface area contributed by atoms with Crippen molar-refractivity contribution < 1.29 is 0 Å². The Kier molecular flexibility index (Phi) is 4.09. The highest BCUT2D eigenvalue weighted by molar-refractivity contribution is 6.18. The summed E-state index contributed by atoms with van der Waals surface area (Å²) in [7, 11) is 0. The first kappa shape index (κ1) is 19.7. The molecule has 8 rings (SSSR count). The molecule has 2 nitrogen and oxygen atoms in total. The lowest BCUT2D eigenvalue weighted by molar-refractivity contribution is 0.979. The van der Waals surface area contributed by atoms with Gasteiger partial charge >= 0.3 is 0 Å². The lowest BCUT2D eigenvalue weighted by Gasteiger charge is -2.14. The molecule has 170 valence electrons. The summed E-state index contributed by atoms with van der Waals surface area (Å²) in [5, 5.41) is 7.71. The molecule has 0 saturated heterocycles. The van der Waals surface area contributed by atoms with Crippen LogP contribution < -0.4 is 0 Å². The van der Waals surface area contributed by atoms with E-state index >= 15 is 0 Å². The van der Waals surface area contributed by atoms with E-state index in [0.717, 1.165) is 12.8 Å². The van der Waals surface area contributed by atoms with E-state index in [2.05, 4.69) is 125 Å². The summed E-state index contributed by atoms with van der Waals surface area (Å²) in [5.74, 6) is 0. The Balaban J connectivity index is 1.35. The van der Waals surface area contributed by atoms with Crippen LogP contribution in [0.3, 0.4) is 0 Å². The highest BCUT2D eigenvalue weighted by atomic mass is 15.0. The van der Waals surface area contributed by atoms with Gasteiger partial charge in [-0.3, -0.25) is 0 Å². The van der Waals surface area contributed by atoms with Crippen LogP contribution >= 0.6 is 0 Å². The van der Waals surface area contributed by atoms with Crippen molar-refractivity contribution in [2.45, 2.75) is 12.8 Å². The van der Waals surface area contributed by atoms with E-state index < -0.39 is 0 Å². The molecule has 5 aromatic carbocycles. The maximum atomic E-state index is 3.68. The molecule has 0 saturated carbocycles. The van der Waals surface area contributed by atoms with Crippen molar-refractivity contribution in [3.05, 3.63) is 115 Å². The van der Waals surface area contributed by atoms with Crippen molar-refractivity contribution in [2.75, 3.05) is 0 Å². The lowest BCUT2D eigenvalue weighted by Crippen LogP contribution is -1.98. The first-order valence-corrected chi connectivity index (χ1v) is 12.7. The Morgan fingerprint density at radius 3 is 2.28 bits per heavy atom. The Morgan fingerprint density at radius 2 is 1.39 bits per heavy atom. The van der Waals surface area contributed by atoms with Crippen LogP contribution in [0.4, 0.5) is 0 Å². The molecule has 0 bridgehead atoms. The van der Waals surface area contributed by atoms with Gasteiger partial charge in [-0.1, -0.05) is 78.9 Å². The zero-order valence-electron chi connectivity index (χ0n) is 19.8. The van der Waals surface area contributed by atoms with E-state index in [9.17, 15) is 0 Å². The van der Waals surface area contributed by atoms with Crippen molar-refractivity contribution in [3.8, 4) is 11.1 Å². The molecule has 36 heavy (non-hydrogen) atoms. The number of aromatic amines is 1. The minimum atomic E-state index is 1.07. The van der Waals surface area contributed by atoms with Crippen molar-refractivity contribution >= 4 is 60.1 Å². The summed E-state index contributed by atoms with van der Waals surface area (Å²) >= 11 is 0. The molecule has 0 aliphatic heterocycles.